The lowest BCUT2D eigenvalue weighted by Gasteiger charge is -2.23. The number of hydrogen-bond acceptors (Lipinski definition) is 3. The zero-order valence-electron chi connectivity index (χ0n) is 10.6. The summed E-state index contributed by atoms with van der Waals surface area (Å²) >= 11 is 0. The second-order valence-corrected chi connectivity index (χ2v) is 4.74. The second kappa shape index (κ2) is 5.82. The molecule has 0 spiro atoms. The maximum absolute atomic E-state index is 11.9. The van der Waals surface area contributed by atoms with Crippen molar-refractivity contribution < 1.29 is 4.79 Å². The van der Waals surface area contributed by atoms with Gasteiger partial charge in [0.15, 0.2) is 0 Å². The Labute approximate surface area is 106 Å². The van der Waals surface area contributed by atoms with Gasteiger partial charge in [-0.05, 0) is 38.4 Å². The summed E-state index contributed by atoms with van der Waals surface area (Å²) in [6, 6.07) is 3.62. The van der Waals surface area contributed by atoms with Crippen LogP contribution in [0.3, 0.4) is 0 Å². The number of hydrogen-bond donors (Lipinski definition) is 3. The van der Waals surface area contributed by atoms with Gasteiger partial charge in [-0.3, -0.25) is 9.59 Å². The van der Waals surface area contributed by atoms with Crippen molar-refractivity contribution in [3.8, 4) is 0 Å². The Morgan fingerprint density at radius 3 is 2.94 bits per heavy atom. The molecule has 1 aliphatic heterocycles. The molecule has 1 saturated heterocycles. The van der Waals surface area contributed by atoms with Crippen LogP contribution in [0.25, 0.3) is 0 Å². The fourth-order valence-corrected chi connectivity index (χ4v) is 2.16. The predicted molar refractivity (Wildman–Crippen MR) is 69.8 cm³/mol. The molecule has 1 unspecified atom stereocenters. The summed E-state index contributed by atoms with van der Waals surface area (Å²) in [6.45, 7) is 3.37. The van der Waals surface area contributed by atoms with E-state index < -0.39 is 0 Å². The first-order valence-electron chi connectivity index (χ1n) is 6.38. The summed E-state index contributed by atoms with van der Waals surface area (Å²) in [5.41, 5.74) is 0.603. The summed E-state index contributed by atoms with van der Waals surface area (Å²) in [5.74, 6) is -0.302. The summed E-state index contributed by atoms with van der Waals surface area (Å²) < 4.78 is 0. The molecule has 1 amide bonds. The molecule has 0 saturated carbocycles. The smallest absolute Gasteiger partial charge is 0.260 e. The first kappa shape index (κ1) is 12.8. The molecule has 1 aromatic rings. The highest BCUT2D eigenvalue weighted by Crippen LogP contribution is 2.05. The molecule has 0 radical (unpaired) electrons. The van der Waals surface area contributed by atoms with Gasteiger partial charge >= 0.3 is 0 Å². The minimum Gasteiger partial charge on any atom is -0.350 e. The number of rotatable bonds is 3. The monoisotopic (exact) mass is 249 g/mol. The molecule has 0 aromatic carbocycles. The Kier molecular flexibility index (Phi) is 4.15. The number of nitrogens with one attached hydrogen (secondary N) is 3. The van der Waals surface area contributed by atoms with Crippen LogP contribution < -0.4 is 16.2 Å². The lowest BCUT2D eigenvalue weighted by atomic mass is 10.1. The maximum atomic E-state index is 11.9. The number of carbonyl (C=O) groups excluding carboxylic acids is 1. The average molecular weight is 249 g/mol. The van der Waals surface area contributed by atoms with Crippen LogP contribution in [-0.4, -0.2) is 30.0 Å². The SMILES string of the molecule is Cc1ccc(C(=O)NCC2CCCCN2)c(=O)[nH]1. The number of pyridine rings is 1. The van der Waals surface area contributed by atoms with Crippen molar-refractivity contribution in [3.05, 3.63) is 33.7 Å². The molecule has 5 nitrogen and oxygen atoms in total. The highest BCUT2D eigenvalue weighted by molar-refractivity contribution is 5.93. The first-order chi connectivity index (χ1) is 8.66. The molecule has 3 N–H and O–H groups in total. The highest BCUT2D eigenvalue weighted by Gasteiger charge is 2.15. The van der Waals surface area contributed by atoms with Gasteiger partial charge in [-0.1, -0.05) is 6.42 Å². The van der Waals surface area contributed by atoms with E-state index in [0.717, 1.165) is 18.7 Å². The number of amides is 1. The van der Waals surface area contributed by atoms with Crippen molar-refractivity contribution in [2.24, 2.45) is 0 Å². The van der Waals surface area contributed by atoms with Crippen LogP contribution in [0.15, 0.2) is 16.9 Å². The highest BCUT2D eigenvalue weighted by atomic mass is 16.2. The molecule has 0 aliphatic carbocycles. The van der Waals surface area contributed by atoms with Crippen LogP contribution in [0.5, 0.6) is 0 Å². The molecule has 5 heteroatoms. The Morgan fingerprint density at radius 2 is 2.28 bits per heavy atom. The molecular weight excluding hydrogens is 230 g/mol. The molecule has 0 bridgehead atoms. The number of carbonyl (C=O) groups is 1. The molecule has 1 atom stereocenters. The molecule has 1 aliphatic rings. The van der Waals surface area contributed by atoms with Gasteiger partial charge in [0.05, 0.1) is 0 Å². The van der Waals surface area contributed by atoms with Crippen molar-refractivity contribution in [1.82, 2.24) is 15.6 Å². The van der Waals surface area contributed by atoms with Gasteiger partial charge < -0.3 is 15.6 Å². The first-order valence-corrected chi connectivity index (χ1v) is 6.38. The maximum Gasteiger partial charge on any atom is 0.260 e. The van der Waals surface area contributed by atoms with E-state index in [0.29, 0.717) is 12.6 Å². The minimum absolute atomic E-state index is 0.177. The van der Waals surface area contributed by atoms with Crippen molar-refractivity contribution in [2.75, 3.05) is 13.1 Å². The van der Waals surface area contributed by atoms with Crippen LogP contribution in [0, 0.1) is 6.92 Å². The van der Waals surface area contributed by atoms with E-state index in [-0.39, 0.29) is 17.0 Å². The van der Waals surface area contributed by atoms with Gasteiger partial charge in [0.25, 0.3) is 11.5 Å². The van der Waals surface area contributed by atoms with E-state index in [2.05, 4.69) is 15.6 Å². The second-order valence-electron chi connectivity index (χ2n) is 4.74. The Balaban J connectivity index is 1.93. The molecular formula is C13H19N3O2. The third-order valence-electron chi connectivity index (χ3n) is 3.22. The van der Waals surface area contributed by atoms with Crippen molar-refractivity contribution >= 4 is 5.91 Å². The molecule has 1 aromatic heterocycles. The van der Waals surface area contributed by atoms with Crippen molar-refractivity contribution in [2.45, 2.75) is 32.2 Å². The quantitative estimate of drug-likeness (QED) is 0.732. The Hall–Kier alpha value is -1.62. The van der Waals surface area contributed by atoms with Crippen molar-refractivity contribution in [1.29, 1.82) is 0 Å². The standard InChI is InChI=1S/C13H19N3O2/c1-9-5-6-11(13(18)16-9)12(17)15-8-10-4-2-3-7-14-10/h5-6,10,14H,2-4,7-8H2,1H3,(H,15,17)(H,16,18). The molecule has 1 fully saturated rings. The molecule has 2 heterocycles. The van der Waals surface area contributed by atoms with E-state index in [1.807, 2.05) is 0 Å². The van der Waals surface area contributed by atoms with Crippen LogP contribution in [0.1, 0.15) is 35.3 Å². The summed E-state index contributed by atoms with van der Waals surface area (Å²) in [4.78, 5) is 26.1. The summed E-state index contributed by atoms with van der Waals surface area (Å²) in [5, 5.41) is 6.16. The van der Waals surface area contributed by atoms with Crippen LogP contribution >= 0.6 is 0 Å². The van der Waals surface area contributed by atoms with Gasteiger partial charge in [-0.15, -0.1) is 0 Å². The fourth-order valence-electron chi connectivity index (χ4n) is 2.16. The van der Waals surface area contributed by atoms with Crippen LogP contribution in [-0.2, 0) is 0 Å². The Morgan fingerprint density at radius 1 is 1.44 bits per heavy atom. The van der Waals surface area contributed by atoms with Gasteiger partial charge in [-0.2, -0.15) is 0 Å². The number of H-pyrrole nitrogens is 1. The third kappa shape index (κ3) is 3.20. The van der Waals surface area contributed by atoms with Gasteiger partial charge in [0.2, 0.25) is 0 Å². The fraction of sp³-hybridized carbons (Fsp3) is 0.538. The topological polar surface area (TPSA) is 74.0 Å². The van der Waals surface area contributed by atoms with E-state index in [9.17, 15) is 9.59 Å². The molecule has 2 rings (SSSR count). The van der Waals surface area contributed by atoms with Crippen LogP contribution in [0.4, 0.5) is 0 Å². The lowest BCUT2D eigenvalue weighted by Crippen LogP contribution is -2.44. The minimum atomic E-state index is -0.330. The number of piperidine rings is 1. The molecule has 18 heavy (non-hydrogen) atoms. The predicted octanol–water partition coefficient (Wildman–Crippen LogP) is 0.555. The summed E-state index contributed by atoms with van der Waals surface area (Å²) in [6.07, 6.45) is 3.46. The largest absolute Gasteiger partial charge is 0.350 e. The molecule has 98 valence electrons. The zero-order chi connectivity index (χ0) is 13.0. The van der Waals surface area contributed by atoms with E-state index in [1.54, 1.807) is 19.1 Å². The zero-order valence-corrected chi connectivity index (χ0v) is 10.6. The van der Waals surface area contributed by atoms with Crippen molar-refractivity contribution in [3.63, 3.8) is 0 Å². The average Bonchev–Trinajstić information content (AvgIpc) is 2.37. The Bertz CT molecular complexity index is 475. The lowest BCUT2D eigenvalue weighted by molar-refractivity contribution is 0.0946. The number of aromatic amines is 1. The van der Waals surface area contributed by atoms with E-state index in [1.165, 1.54) is 12.8 Å². The van der Waals surface area contributed by atoms with Crippen LogP contribution in [0.2, 0.25) is 0 Å². The number of aryl methyl sites for hydroxylation is 1. The van der Waals surface area contributed by atoms with Gasteiger partial charge in [0.1, 0.15) is 5.56 Å². The van der Waals surface area contributed by atoms with Gasteiger partial charge in [-0.25, -0.2) is 0 Å². The van der Waals surface area contributed by atoms with E-state index >= 15 is 0 Å². The normalized spacial score (nSPS) is 19.5. The third-order valence-corrected chi connectivity index (χ3v) is 3.22. The van der Waals surface area contributed by atoms with E-state index in [4.69, 9.17) is 0 Å². The number of aromatic nitrogens is 1. The summed E-state index contributed by atoms with van der Waals surface area (Å²) in [7, 11) is 0. The van der Waals surface area contributed by atoms with Gasteiger partial charge in [0, 0.05) is 18.3 Å².